The highest BCUT2D eigenvalue weighted by Crippen LogP contribution is 2.15. The molecule has 1 amide bonds. The summed E-state index contributed by atoms with van der Waals surface area (Å²) in [6.07, 6.45) is 3.10. The SMILES string of the molecule is Cc1cc(C=NNC(=O)c2ccccn2)c(C)n1-n1c(C)nc2ccccc2c1=O. The van der Waals surface area contributed by atoms with Gasteiger partial charge in [-0.3, -0.25) is 19.2 Å². The lowest BCUT2D eigenvalue weighted by Gasteiger charge is -2.16. The second kappa shape index (κ2) is 7.75. The van der Waals surface area contributed by atoms with E-state index in [2.05, 4.69) is 20.5 Å². The zero-order chi connectivity index (χ0) is 21.3. The largest absolute Gasteiger partial charge is 0.289 e. The molecule has 0 radical (unpaired) electrons. The van der Waals surface area contributed by atoms with Crippen molar-refractivity contribution in [3.63, 3.8) is 0 Å². The van der Waals surface area contributed by atoms with Gasteiger partial charge in [-0.25, -0.2) is 10.4 Å². The Bertz CT molecular complexity index is 1340. The first-order valence-corrected chi connectivity index (χ1v) is 9.40. The van der Waals surface area contributed by atoms with Gasteiger partial charge >= 0.3 is 0 Å². The van der Waals surface area contributed by atoms with Crippen LogP contribution in [0.3, 0.4) is 0 Å². The Morgan fingerprint density at radius 1 is 1.07 bits per heavy atom. The molecule has 8 heteroatoms. The van der Waals surface area contributed by atoms with Crippen LogP contribution in [0.5, 0.6) is 0 Å². The third-order valence-corrected chi connectivity index (χ3v) is 4.82. The highest BCUT2D eigenvalue weighted by molar-refractivity contribution is 5.93. The minimum Gasteiger partial charge on any atom is -0.267 e. The summed E-state index contributed by atoms with van der Waals surface area (Å²) >= 11 is 0. The van der Waals surface area contributed by atoms with Crippen LogP contribution in [0.25, 0.3) is 10.9 Å². The second-order valence-corrected chi connectivity index (χ2v) is 6.85. The molecule has 4 rings (SSSR count). The lowest BCUT2D eigenvalue weighted by Crippen LogP contribution is -2.30. The Hall–Kier alpha value is -4.07. The second-order valence-electron chi connectivity index (χ2n) is 6.85. The van der Waals surface area contributed by atoms with Gasteiger partial charge < -0.3 is 0 Å². The van der Waals surface area contributed by atoms with Gasteiger partial charge in [-0.05, 0) is 51.1 Å². The van der Waals surface area contributed by atoms with E-state index in [9.17, 15) is 9.59 Å². The smallest absolute Gasteiger partial charge is 0.267 e. The third-order valence-electron chi connectivity index (χ3n) is 4.82. The monoisotopic (exact) mass is 400 g/mol. The molecule has 1 aromatic carbocycles. The van der Waals surface area contributed by atoms with Crippen molar-refractivity contribution in [3.8, 4) is 0 Å². The van der Waals surface area contributed by atoms with Gasteiger partial charge in [-0.2, -0.15) is 9.78 Å². The summed E-state index contributed by atoms with van der Waals surface area (Å²) in [7, 11) is 0. The number of hydrogen-bond donors (Lipinski definition) is 1. The van der Waals surface area contributed by atoms with Crippen LogP contribution in [-0.2, 0) is 0 Å². The molecule has 0 unspecified atom stereocenters. The van der Waals surface area contributed by atoms with Crippen LogP contribution >= 0.6 is 0 Å². The number of benzene rings is 1. The van der Waals surface area contributed by atoms with E-state index in [1.54, 1.807) is 53.0 Å². The number of amides is 1. The number of carbonyl (C=O) groups excluding carboxylic acids is 1. The molecule has 0 bridgehead atoms. The quantitative estimate of drug-likeness (QED) is 0.421. The molecule has 0 atom stereocenters. The number of hydrogen-bond acceptors (Lipinski definition) is 5. The van der Waals surface area contributed by atoms with Gasteiger partial charge in [0.15, 0.2) is 0 Å². The topological polar surface area (TPSA) is 94.2 Å². The van der Waals surface area contributed by atoms with E-state index in [0.717, 1.165) is 17.0 Å². The Labute approximate surface area is 172 Å². The fourth-order valence-corrected chi connectivity index (χ4v) is 3.40. The molecule has 30 heavy (non-hydrogen) atoms. The zero-order valence-electron chi connectivity index (χ0n) is 16.8. The molecule has 4 aromatic rings. The van der Waals surface area contributed by atoms with Crippen molar-refractivity contribution >= 4 is 23.0 Å². The molecule has 0 aliphatic rings. The molecule has 0 aliphatic carbocycles. The minimum absolute atomic E-state index is 0.146. The van der Waals surface area contributed by atoms with Crippen LogP contribution in [0, 0.1) is 20.8 Å². The number of rotatable bonds is 4. The molecule has 0 fully saturated rings. The Balaban J connectivity index is 1.69. The number of fused-ring (bicyclic) bond motifs is 1. The van der Waals surface area contributed by atoms with Crippen LogP contribution in [0.15, 0.2) is 64.6 Å². The number of hydrazone groups is 1. The van der Waals surface area contributed by atoms with Crippen molar-refractivity contribution in [1.82, 2.24) is 24.7 Å². The summed E-state index contributed by atoms with van der Waals surface area (Å²) in [4.78, 5) is 33.8. The predicted octanol–water partition coefficient (Wildman–Crippen LogP) is 2.59. The zero-order valence-corrected chi connectivity index (χ0v) is 16.8. The van der Waals surface area contributed by atoms with Crippen LogP contribution in [0.1, 0.15) is 33.3 Å². The van der Waals surface area contributed by atoms with Crippen molar-refractivity contribution in [1.29, 1.82) is 0 Å². The van der Waals surface area contributed by atoms with E-state index in [4.69, 9.17) is 0 Å². The maximum atomic E-state index is 13.1. The third kappa shape index (κ3) is 3.39. The fourth-order valence-electron chi connectivity index (χ4n) is 3.40. The molecule has 0 saturated heterocycles. The Kier molecular flexibility index (Phi) is 4.97. The van der Waals surface area contributed by atoms with Gasteiger partial charge in [0.2, 0.25) is 0 Å². The van der Waals surface area contributed by atoms with Crippen LogP contribution < -0.4 is 11.0 Å². The van der Waals surface area contributed by atoms with Crippen LogP contribution in [0.2, 0.25) is 0 Å². The average Bonchev–Trinajstić information content (AvgIpc) is 3.02. The predicted molar refractivity (Wildman–Crippen MR) is 115 cm³/mol. The van der Waals surface area contributed by atoms with Gasteiger partial charge in [0.05, 0.1) is 17.1 Å². The Morgan fingerprint density at radius 3 is 2.60 bits per heavy atom. The van der Waals surface area contributed by atoms with E-state index in [-0.39, 0.29) is 11.3 Å². The molecule has 8 nitrogen and oxygen atoms in total. The van der Waals surface area contributed by atoms with Crippen LogP contribution in [-0.4, -0.2) is 31.4 Å². The molecular formula is C22H20N6O2. The maximum Gasteiger partial charge on any atom is 0.289 e. The van der Waals surface area contributed by atoms with Gasteiger partial charge in [0, 0.05) is 23.1 Å². The molecule has 1 N–H and O–H groups in total. The van der Waals surface area contributed by atoms with E-state index < -0.39 is 5.91 Å². The van der Waals surface area contributed by atoms with Gasteiger partial charge in [0.1, 0.15) is 11.5 Å². The lowest BCUT2D eigenvalue weighted by atomic mass is 10.2. The summed E-state index contributed by atoms with van der Waals surface area (Å²) in [6, 6.07) is 14.3. The standard InChI is InChI=1S/C22H20N6O2/c1-14-12-17(13-24-26-21(29)20-10-6-7-11-23-20)15(2)27(14)28-16(3)25-19-9-5-4-8-18(19)22(28)30/h4-13H,1-3H3,(H,26,29). The summed E-state index contributed by atoms with van der Waals surface area (Å²) in [5.74, 6) is 0.180. The Morgan fingerprint density at radius 2 is 1.83 bits per heavy atom. The van der Waals surface area contributed by atoms with Crippen molar-refractivity contribution in [2.24, 2.45) is 5.10 Å². The molecule has 3 aromatic heterocycles. The molecule has 0 aliphatic heterocycles. The number of nitrogens with zero attached hydrogens (tertiary/aromatic N) is 5. The van der Waals surface area contributed by atoms with E-state index in [1.165, 1.54) is 0 Å². The number of aromatic nitrogens is 4. The molecule has 0 spiro atoms. The van der Waals surface area contributed by atoms with Crippen LogP contribution in [0.4, 0.5) is 0 Å². The number of aryl methyl sites for hydroxylation is 2. The summed E-state index contributed by atoms with van der Waals surface area (Å²) in [5, 5.41) is 4.59. The highest BCUT2D eigenvalue weighted by Gasteiger charge is 2.15. The average molecular weight is 400 g/mol. The number of nitrogens with one attached hydrogen (secondary N) is 1. The maximum absolute atomic E-state index is 13.1. The fraction of sp³-hybridized carbons (Fsp3) is 0.136. The van der Waals surface area contributed by atoms with Crippen molar-refractivity contribution in [3.05, 3.63) is 93.6 Å². The van der Waals surface area contributed by atoms with E-state index in [1.807, 2.05) is 38.1 Å². The molecular weight excluding hydrogens is 380 g/mol. The molecule has 150 valence electrons. The first kappa shape index (κ1) is 19.3. The summed E-state index contributed by atoms with van der Waals surface area (Å²) in [6.45, 7) is 5.58. The van der Waals surface area contributed by atoms with Gasteiger partial charge in [0.25, 0.3) is 11.5 Å². The van der Waals surface area contributed by atoms with Crippen molar-refractivity contribution in [2.75, 3.05) is 0 Å². The minimum atomic E-state index is -0.397. The first-order valence-electron chi connectivity index (χ1n) is 9.40. The number of para-hydroxylation sites is 1. The molecule has 0 saturated carbocycles. The van der Waals surface area contributed by atoms with Gasteiger partial charge in [-0.15, -0.1) is 0 Å². The summed E-state index contributed by atoms with van der Waals surface area (Å²) in [5.41, 5.74) is 5.68. The highest BCUT2D eigenvalue weighted by atomic mass is 16.2. The van der Waals surface area contributed by atoms with Crippen molar-refractivity contribution in [2.45, 2.75) is 20.8 Å². The van der Waals surface area contributed by atoms with Crippen molar-refractivity contribution < 1.29 is 4.79 Å². The van der Waals surface area contributed by atoms with E-state index in [0.29, 0.717) is 16.7 Å². The van der Waals surface area contributed by atoms with E-state index >= 15 is 0 Å². The number of pyridine rings is 1. The summed E-state index contributed by atoms with van der Waals surface area (Å²) < 4.78 is 3.36. The van der Waals surface area contributed by atoms with Gasteiger partial charge in [-0.1, -0.05) is 18.2 Å². The normalized spacial score (nSPS) is 11.3. The lowest BCUT2D eigenvalue weighted by molar-refractivity contribution is 0.0950. The number of carbonyl (C=O) groups is 1. The molecule has 3 heterocycles. The first-order chi connectivity index (χ1) is 14.5.